The lowest BCUT2D eigenvalue weighted by molar-refractivity contribution is -0.123. The van der Waals surface area contributed by atoms with E-state index in [1.165, 1.54) is 16.5 Å². The van der Waals surface area contributed by atoms with Gasteiger partial charge in [-0.1, -0.05) is 41.9 Å². The Morgan fingerprint density at radius 3 is 2.27 bits per heavy atom. The molecular weight excluding hydrogens is 546 g/mol. The molecule has 2 aliphatic heterocycles. The third kappa shape index (κ3) is 4.54. The number of imide groups is 1. The number of fused-ring (bicyclic) bond motifs is 1. The zero-order valence-electron chi connectivity index (χ0n) is 23.1. The van der Waals surface area contributed by atoms with Crippen molar-refractivity contribution in [3.63, 3.8) is 0 Å². The number of hydrogen-bond acceptors (Lipinski definition) is 7. The Bertz CT molecular complexity index is 1800. The molecule has 0 N–H and O–H groups in total. The van der Waals surface area contributed by atoms with E-state index in [1.807, 2.05) is 41.8 Å². The molecule has 2 aromatic carbocycles. The van der Waals surface area contributed by atoms with Gasteiger partial charge in [-0.05, 0) is 36.2 Å². The Kier molecular flexibility index (Phi) is 6.79. The summed E-state index contributed by atoms with van der Waals surface area (Å²) in [6.07, 6.45) is 0.139. The number of halogens is 1. The molecule has 2 aromatic heterocycles. The van der Waals surface area contributed by atoms with Gasteiger partial charge in [0.2, 0.25) is 11.9 Å². The van der Waals surface area contributed by atoms with Crippen molar-refractivity contribution >= 4 is 46.2 Å². The van der Waals surface area contributed by atoms with Crippen LogP contribution in [0.2, 0.25) is 5.02 Å². The summed E-state index contributed by atoms with van der Waals surface area (Å²) in [5.74, 6) is 0.174. The number of anilines is 2. The molecule has 0 saturated carbocycles. The van der Waals surface area contributed by atoms with Crippen molar-refractivity contribution in [2.24, 2.45) is 14.1 Å². The van der Waals surface area contributed by atoms with Crippen LogP contribution in [-0.4, -0.2) is 67.6 Å². The van der Waals surface area contributed by atoms with Crippen LogP contribution in [0.1, 0.15) is 17.5 Å². The first-order valence-corrected chi connectivity index (χ1v) is 13.9. The van der Waals surface area contributed by atoms with Crippen LogP contribution in [-0.2, 0) is 30.2 Å². The molecule has 2 amide bonds. The number of carbonyl (C=O) groups is 2. The molecule has 0 aliphatic carbocycles. The minimum absolute atomic E-state index is 0.139. The van der Waals surface area contributed by atoms with E-state index >= 15 is 0 Å². The average Bonchev–Trinajstić information content (AvgIpc) is 3.49. The van der Waals surface area contributed by atoms with E-state index in [-0.39, 0.29) is 18.2 Å². The monoisotopic (exact) mass is 575 g/mol. The van der Waals surface area contributed by atoms with Crippen molar-refractivity contribution in [1.82, 2.24) is 23.6 Å². The third-order valence-corrected chi connectivity index (χ3v) is 8.35. The number of nitrogens with zero attached hydrogens (tertiary/aromatic N) is 7. The molecule has 2 saturated heterocycles. The normalized spacial score (nSPS) is 18.2. The van der Waals surface area contributed by atoms with Gasteiger partial charge in [-0.15, -0.1) is 0 Å². The van der Waals surface area contributed by atoms with E-state index < -0.39 is 17.3 Å². The summed E-state index contributed by atoms with van der Waals surface area (Å²) in [7, 11) is 3.07. The zero-order valence-corrected chi connectivity index (χ0v) is 23.8. The fraction of sp³-hybridized carbons (Fsp3) is 0.345. The maximum atomic E-state index is 13.4. The number of imidazole rings is 1. The van der Waals surface area contributed by atoms with Crippen molar-refractivity contribution in [2.75, 3.05) is 36.0 Å². The number of amides is 2. The van der Waals surface area contributed by atoms with Gasteiger partial charge in [0.25, 0.3) is 11.5 Å². The van der Waals surface area contributed by atoms with Crippen molar-refractivity contribution in [2.45, 2.75) is 25.9 Å². The molecule has 0 spiro atoms. The van der Waals surface area contributed by atoms with E-state index in [9.17, 15) is 19.2 Å². The number of benzene rings is 2. The van der Waals surface area contributed by atoms with Gasteiger partial charge in [0.1, 0.15) is 0 Å². The summed E-state index contributed by atoms with van der Waals surface area (Å²) < 4.78 is 4.32. The Morgan fingerprint density at radius 2 is 1.59 bits per heavy atom. The summed E-state index contributed by atoms with van der Waals surface area (Å²) in [4.78, 5) is 62.5. The number of piperazine rings is 1. The molecule has 2 aliphatic rings. The largest absolute Gasteiger partial charge is 0.340 e. The maximum absolute atomic E-state index is 13.4. The topological polar surface area (TPSA) is 106 Å². The Morgan fingerprint density at radius 1 is 0.902 bits per heavy atom. The first-order valence-electron chi connectivity index (χ1n) is 13.5. The second-order valence-corrected chi connectivity index (χ2v) is 11.0. The van der Waals surface area contributed by atoms with Gasteiger partial charge in [0, 0.05) is 45.3 Å². The molecule has 4 heterocycles. The second-order valence-electron chi connectivity index (χ2n) is 10.6. The van der Waals surface area contributed by atoms with E-state index in [0.29, 0.717) is 60.5 Å². The highest BCUT2D eigenvalue weighted by Crippen LogP contribution is 2.30. The summed E-state index contributed by atoms with van der Waals surface area (Å²) in [5.41, 5.74) is 2.23. The van der Waals surface area contributed by atoms with Crippen molar-refractivity contribution in [1.29, 1.82) is 0 Å². The number of hydrogen-bond donors (Lipinski definition) is 0. The van der Waals surface area contributed by atoms with Crippen LogP contribution in [0.15, 0.2) is 58.1 Å². The van der Waals surface area contributed by atoms with Crippen molar-refractivity contribution in [3.8, 4) is 0 Å². The number of rotatable bonds is 5. The van der Waals surface area contributed by atoms with E-state index in [2.05, 4.69) is 9.80 Å². The molecule has 11 nitrogen and oxygen atoms in total. The van der Waals surface area contributed by atoms with Gasteiger partial charge in [0.15, 0.2) is 11.2 Å². The van der Waals surface area contributed by atoms with Crippen LogP contribution < -0.4 is 21.0 Å². The van der Waals surface area contributed by atoms with E-state index in [4.69, 9.17) is 16.6 Å². The fourth-order valence-electron chi connectivity index (χ4n) is 5.80. The Labute approximate surface area is 240 Å². The van der Waals surface area contributed by atoms with Gasteiger partial charge in [0.05, 0.1) is 24.7 Å². The summed E-state index contributed by atoms with van der Waals surface area (Å²) >= 11 is 6.09. The van der Waals surface area contributed by atoms with Crippen LogP contribution >= 0.6 is 11.6 Å². The van der Waals surface area contributed by atoms with Gasteiger partial charge in [-0.2, -0.15) is 4.98 Å². The lowest BCUT2D eigenvalue weighted by Gasteiger charge is -2.37. The number of para-hydroxylation sites is 1. The van der Waals surface area contributed by atoms with E-state index in [1.54, 1.807) is 25.2 Å². The fourth-order valence-corrected chi connectivity index (χ4v) is 5.93. The van der Waals surface area contributed by atoms with Crippen molar-refractivity contribution < 1.29 is 9.59 Å². The van der Waals surface area contributed by atoms with Gasteiger partial charge in [-0.25, -0.2) is 9.69 Å². The number of carbonyl (C=O) groups excluding carboxylic acids is 2. The smallest absolute Gasteiger partial charge is 0.332 e. The standard InChI is InChI=1S/C29H30ClN7O4/c1-18-6-4-5-7-21(18)37-23(38)16-22(26(37)39)34-12-14-35(15-13-34)28-31-25-24(27(40)33(3)29(41)32(25)2)36(28)17-19-8-10-20(30)11-9-19/h4-11,22H,12-17H2,1-3H3. The predicted molar refractivity (Wildman–Crippen MR) is 157 cm³/mol. The zero-order chi connectivity index (χ0) is 29.0. The quantitative estimate of drug-likeness (QED) is 0.335. The lowest BCUT2D eigenvalue weighted by Crippen LogP contribution is -2.53. The SMILES string of the molecule is Cc1ccccc1N1C(=O)CC(N2CCN(c3nc4c(c(=O)n(C)c(=O)n4C)n3Cc3ccc(Cl)cc3)CC2)C1=O. The Hall–Kier alpha value is -4.22. The second kappa shape index (κ2) is 10.3. The lowest BCUT2D eigenvalue weighted by atomic mass is 10.1. The summed E-state index contributed by atoms with van der Waals surface area (Å²) in [5, 5.41) is 0.611. The van der Waals surface area contributed by atoms with Gasteiger partial charge >= 0.3 is 5.69 Å². The molecule has 1 atom stereocenters. The average molecular weight is 576 g/mol. The van der Waals surface area contributed by atoms with Crippen LogP contribution in [0.5, 0.6) is 0 Å². The highest BCUT2D eigenvalue weighted by molar-refractivity contribution is 6.30. The van der Waals surface area contributed by atoms with Gasteiger partial charge < -0.3 is 4.90 Å². The molecular formula is C29H30ClN7O4. The summed E-state index contributed by atoms with van der Waals surface area (Å²) in [6.45, 7) is 4.37. The highest BCUT2D eigenvalue weighted by atomic mass is 35.5. The first-order chi connectivity index (χ1) is 19.7. The third-order valence-electron chi connectivity index (χ3n) is 8.10. The molecule has 12 heteroatoms. The molecule has 2 fully saturated rings. The Balaban J connectivity index is 1.30. The molecule has 41 heavy (non-hydrogen) atoms. The molecule has 4 aromatic rings. The maximum Gasteiger partial charge on any atom is 0.332 e. The minimum Gasteiger partial charge on any atom is -0.340 e. The van der Waals surface area contributed by atoms with Gasteiger partial charge in [-0.3, -0.25) is 33.0 Å². The number of aromatic nitrogens is 4. The molecule has 1 unspecified atom stereocenters. The first kappa shape index (κ1) is 27.0. The number of aryl methyl sites for hydroxylation is 2. The van der Waals surface area contributed by atoms with Crippen LogP contribution in [0, 0.1) is 6.92 Å². The highest BCUT2D eigenvalue weighted by Gasteiger charge is 2.44. The van der Waals surface area contributed by atoms with Crippen molar-refractivity contribution in [3.05, 3.63) is 85.5 Å². The van der Waals surface area contributed by atoms with Crippen LogP contribution in [0.4, 0.5) is 11.6 Å². The molecule has 6 rings (SSSR count). The predicted octanol–water partition coefficient (Wildman–Crippen LogP) is 1.90. The minimum atomic E-state index is -0.523. The molecule has 0 radical (unpaired) electrons. The van der Waals surface area contributed by atoms with Crippen LogP contribution in [0.3, 0.4) is 0 Å². The molecule has 212 valence electrons. The molecule has 0 bridgehead atoms. The van der Waals surface area contributed by atoms with Crippen LogP contribution in [0.25, 0.3) is 11.2 Å². The summed E-state index contributed by atoms with van der Waals surface area (Å²) in [6, 6.07) is 14.3. The van der Waals surface area contributed by atoms with E-state index in [0.717, 1.165) is 15.7 Å².